The number of aryl methyl sites for hydroxylation is 2. The Balaban J connectivity index is 1.86. The van der Waals surface area contributed by atoms with E-state index in [2.05, 4.69) is 11.6 Å². The highest BCUT2D eigenvalue weighted by Crippen LogP contribution is 2.44. The van der Waals surface area contributed by atoms with Crippen LogP contribution in [0.2, 0.25) is 0 Å². The van der Waals surface area contributed by atoms with Crippen molar-refractivity contribution in [2.75, 3.05) is 18.1 Å². The highest BCUT2D eigenvalue weighted by Gasteiger charge is 2.49. The number of amides is 1. The molecular weight excluding hydrogens is 523 g/mol. The number of aromatic nitrogens is 1. The second-order valence-electron chi connectivity index (χ2n) is 8.82. The van der Waals surface area contributed by atoms with Crippen molar-refractivity contribution < 1.29 is 33.4 Å². The molecular formula is C29H27FN2O6S. The number of hydrogen-bond acceptors (Lipinski definition) is 8. The summed E-state index contributed by atoms with van der Waals surface area (Å²) in [5, 5.41) is 11.3. The minimum Gasteiger partial charge on any atom is -0.507 e. The Labute approximate surface area is 229 Å². The number of hydrogen-bond donors (Lipinski definition) is 1. The summed E-state index contributed by atoms with van der Waals surface area (Å²) in [6.45, 7) is 9.33. The molecule has 0 saturated carbocycles. The Morgan fingerprint density at radius 1 is 1.23 bits per heavy atom. The molecule has 1 unspecified atom stereocenters. The van der Waals surface area contributed by atoms with Crippen LogP contribution in [-0.2, 0) is 14.3 Å². The first-order valence-corrected chi connectivity index (χ1v) is 13.1. The van der Waals surface area contributed by atoms with Gasteiger partial charge in [-0.1, -0.05) is 49.1 Å². The topological polar surface area (TPSA) is 106 Å². The number of Topliss-reactive ketones (excluding diaryl/α,β-unsaturated/α-hetero) is 1. The largest absolute Gasteiger partial charge is 0.507 e. The standard InChI is InChI=1S/C29H27FN2O6S/c1-5-13-37-21-12-11-18(15-16(21)3)24(33)22-23(19-9-7-8-10-20(19)30)32(27(35)25(22)34)29-31-17(4)26(39-29)28(36)38-14-6-2/h6-12,15,23,33H,2,5,13-14H2,1,3-4H3/b24-22+. The number of carbonyl (C=O) groups is 3. The summed E-state index contributed by atoms with van der Waals surface area (Å²) in [5.41, 5.74) is 0.940. The van der Waals surface area contributed by atoms with Crippen molar-refractivity contribution in [2.45, 2.75) is 33.2 Å². The van der Waals surface area contributed by atoms with E-state index in [0.717, 1.165) is 22.7 Å². The highest BCUT2D eigenvalue weighted by molar-refractivity contribution is 7.17. The van der Waals surface area contributed by atoms with Crippen LogP contribution in [0.15, 0.2) is 60.7 Å². The third kappa shape index (κ3) is 5.33. The zero-order valence-electron chi connectivity index (χ0n) is 21.7. The molecule has 2 aromatic carbocycles. The number of anilines is 1. The van der Waals surface area contributed by atoms with E-state index in [9.17, 15) is 19.5 Å². The van der Waals surface area contributed by atoms with Crippen molar-refractivity contribution in [3.8, 4) is 5.75 Å². The van der Waals surface area contributed by atoms with E-state index < -0.39 is 35.3 Å². The molecule has 1 fully saturated rings. The summed E-state index contributed by atoms with van der Waals surface area (Å²) in [6, 6.07) is 9.21. The maximum absolute atomic E-state index is 15.1. The monoisotopic (exact) mass is 550 g/mol. The fourth-order valence-corrected chi connectivity index (χ4v) is 5.21. The van der Waals surface area contributed by atoms with Crippen LogP contribution < -0.4 is 9.64 Å². The Morgan fingerprint density at radius 2 is 1.97 bits per heavy atom. The normalized spacial score (nSPS) is 16.4. The van der Waals surface area contributed by atoms with Crippen molar-refractivity contribution in [3.05, 3.63) is 93.8 Å². The molecule has 1 aliphatic rings. The molecule has 8 nitrogen and oxygen atoms in total. The maximum Gasteiger partial charge on any atom is 0.350 e. The lowest BCUT2D eigenvalue weighted by Gasteiger charge is -2.23. The molecule has 0 bridgehead atoms. The number of aliphatic hydroxyl groups excluding tert-OH is 1. The minimum absolute atomic E-state index is 0.00745. The van der Waals surface area contributed by atoms with Gasteiger partial charge in [-0.15, -0.1) is 0 Å². The summed E-state index contributed by atoms with van der Waals surface area (Å²) in [5.74, 6) is -3.21. The van der Waals surface area contributed by atoms with Crippen LogP contribution in [0.4, 0.5) is 9.52 Å². The smallest absolute Gasteiger partial charge is 0.350 e. The van der Waals surface area contributed by atoms with Crippen LogP contribution in [0.3, 0.4) is 0 Å². The summed E-state index contributed by atoms with van der Waals surface area (Å²) in [4.78, 5) is 44.7. The first-order valence-electron chi connectivity index (χ1n) is 12.2. The molecule has 4 rings (SSSR count). The number of aliphatic hydroxyl groups is 1. The van der Waals surface area contributed by atoms with E-state index in [1.807, 2.05) is 6.92 Å². The van der Waals surface area contributed by atoms with Gasteiger partial charge in [0.1, 0.15) is 34.9 Å². The summed E-state index contributed by atoms with van der Waals surface area (Å²) < 4.78 is 25.9. The van der Waals surface area contributed by atoms with Gasteiger partial charge in [-0.05, 0) is 50.1 Å². The SMILES string of the molecule is C=CCOC(=O)c1sc(N2C(=O)C(=O)/C(=C(/O)c3ccc(OCCC)c(C)c3)C2c2ccccc2F)nc1C. The van der Waals surface area contributed by atoms with E-state index in [4.69, 9.17) is 9.47 Å². The number of halogens is 1. The van der Waals surface area contributed by atoms with Crippen molar-refractivity contribution in [3.63, 3.8) is 0 Å². The van der Waals surface area contributed by atoms with Gasteiger partial charge in [0, 0.05) is 11.1 Å². The third-order valence-electron chi connectivity index (χ3n) is 6.06. The average Bonchev–Trinajstić information content (AvgIpc) is 3.42. The number of benzene rings is 2. The number of ketones is 1. The van der Waals surface area contributed by atoms with Crippen LogP contribution in [0.1, 0.15) is 51.4 Å². The van der Waals surface area contributed by atoms with Crippen LogP contribution >= 0.6 is 11.3 Å². The molecule has 1 amide bonds. The molecule has 0 spiro atoms. The molecule has 0 aliphatic carbocycles. The zero-order chi connectivity index (χ0) is 28.3. The van der Waals surface area contributed by atoms with Gasteiger partial charge >= 0.3 is 11.9 Å². The van der Waals surface area contributed by atoms with E-state index in [-0.39, 0.29) is 39.0 Å². The quantitative estimate of drug-likeness (QED) is 0.121. The van der Waals surface area contributed by atoms with E-state index in [0.29, 0.717) is 17.9 Å². The lowest BCUT2D eigenvalue weighted by Crippen LogP contribution is -2.29. The molecule has 1 aliphatic heterocycles. The van der Waals surface area contributed by atoms with Gasteiger partial charge in [0.05, 0.1) is 17.9 Å². The second kappa shape index (κ2) is 11.6. The predicted octanol–water partition coefficient (Wildman–Crippen LogP) is 5.66. The fraction of sp³-hybridized carbons (Fsp3) is 0.241. The van der Waals surface area contributed by atoms with Crippen LogP contribution in [0.25, 0.3) is 5.76 Å². The van der Waals surface area contributed by atoms with Gasteiger partial charge in [-0.2, -0.15) is 0 Å². The minimum atomic E-state index is -1.33. The predicted molar refractivity (Wildman–Crippen MR) is 145 cm³/mol. The van der Waals surface area contributed by atoms with Gasteiger partial charge < -0.3 is 14.6 Å². The van der Waals surface area contributed by atoms with Crippen molar-refractivity contribution >= 4 is 39.9 Å². The Hall–Kier alpha value is -4.31. The zero-order valence-corrected chi connectivity index (χ0v) is 22.5. The Bertz CT molecular complexity index is 1490. The number of thiazole rings is 1. The molecule has 1 atom stereocenters. The summed E-state index contributed by atoms with van der Waals surface area (Å²) in [6.07, 6.45) is 2.23. The number of ether oxygens (including phenoxy) is 2. The molecule has 39 heavy (non-hydrogen) atoms. The van der Waals surface area contributed by atoms with Crippen LogP contribution in [0, 0.1) is 19.7 Å². The Morgan fingerprint density at radius 3 is 2.64 bits per heavy atom. The molecule has 1 saturated heterocycles. The number of carbonyl (C=O) groups excluding carboxylic acids is 3. The Kier molecular flexibility index (Phi) is 8.25. The van der Waals surface area contributed by atoms with Crippen molar-refractivity contribution in [1.82, 2.24) is 4.98 Å². The fourth-order valence-electron chi connectivity index (χ4n) is 4.22. The van der Waals surface area contributed by atoms with Crippen LogP contribution in [-0.4, -0.2) is 41.0 Å². The van der Waals surface area contributed by atoms with Gasteiger partial charge in [0.25, 0.3) is 5.78 Å². The number of rotatable bonds is 9. The van der Waals surface area contributed by atoms with Crippen molar-refractivity contribution in [2.24, 2.45) is 0 Å². The first kappa shape index (κ1) is 27.7. The molecule has 10 heteroatoms. The maximum atomic E-state index is 15.1. The molecule has 202 valence electrons. The first-order chi connectivity index (χ1) is 18.7. The average molecular weight is 551 g/mol. The third-order valence-corrected chi connectivity index (χ3v) is 7.20. The van der Waals surface area contributed by atoms with E-state index in [1.165, 1.54) is 24.3 Å². The molecule has 1 aromatic heterocycles. The molecule has 0 radical (unpaired) electrons. The van der Waals surface area contributed by atoms with E-state index >= 15 is 4.39 Å². The lowest BCUT2D eigenvalue weighted by atomic mass is 9.94. The number of esters is 1. The molecule has 1 N–H and O–H groups in total. The van der Waals surface area contributed by atoms with Gasteiger partial charge in [-0.25, -0.2) is 14.2 Å². The summed E-state index contributed by atoms with van der Waals surface area (Å²) in [7, 11) is 0. The second-order valence-corrected chi connectivity index (χ2v) is 9.79. The lowest BCUT2D eigenvalue weighted by molar-refractivity contribution is -0.132. The van der Waals surface area contributed by atoms with Crippen molar-refractivity contribution in [1.29, 1.82) is 0 Å². The highest BCUT2D eigenvalue weighted by atomic mass is 32.1. The molecule has 3 aromatic rings. The molecule has 2 heterocycles. The van der Waals surface area contributed by atoms with Gasteiger partial charge in [0.15, 0.2) is 5.13 Å². The summed E-state index contributed by atoms with van der Waals surface area (Å²) >= 11 is 0.837. The van der Waals surface area contributed by atoms with E-state index in [1.54, 1.807) is 38.1 Å². The number of nitrogens with zero attached hydrogens (tertiary/aromatic N) is 2. The van der Waals surface area contributed by atoms with Crippen LogP contribution in [0.5, 0.6) is 5.75 Å². The van der Waals surface area contributed by atoms with Gasteiger partial charge in [0.2, 0.25) is 0 Å². The van der Waals surface area contributed by atoms with Gasteiger partial charge in [-0.3, -0.25) is 14.5 Å².